The van der Waals surface area contributed by atoms with Crippen molar-refractivity contribution in [3.05, 3.63) is 0 Å². The summed E-state index contributed by atoms with van der Waals surface area (Å²) in [6.45, 7) is 0. The maximum atomic E-state index is 0. The number of hydrogen-bond donors (Lipinski definition) is 0. The largest absolute Gasteiger partial charge is 1.00 e. The summed E-state index contributed by atoms with van der Waals surface area (Å²) < 4.78 is 0. The molecule has 0 aliphatic carbocycles. The van der Waals surface area contributed by atoms with Gasteiger partial charge in [0.25, 0.3) is 0 Å². The van der Waals surface area contributed by atoms with Crippen LogP contribution in [0.5, 0.6) is 0 Å². The Morgan fingerprint density at radius 1 is 0.750 bits per heavy atom. The quantitative estimate of drug-likeness (QED) is 0.398. The molecule has 28 valence electrons. The Labute approximate surface area is 56.4 Å². The van der Waals surface area contributed by atoms with E-state index in [1.165, 1.54) is 0 Å². The fourth-order valence-corrected chi connectivity index (χ4v) is 0. The van der Waals surface area contributed by atoms with Gasteiger partial charge in [0.15, 0.2) is 0 Å². The number of rotatable bonds is 0. The van der Waals surface area contributed by atoms with Gasteiger partial charge in [-0.25, -0.2) is 0 Å². The van der Waals surface area contributed by atoms with Crippen molar-refractivity contribution < 1.29 is 30.3 Å². The Kier molecular flexibility index (Phi) is 335. The van der Waals surface area contributed by atoms with Gasteiger partial charge in [-0.15, -0.1) is 0 Å². The Morgan fingerprint density at radius 3 is 0.750 bits per heavy atom. The molecule has 0 aromatic rings. The molecular formula is H3BiCl2O. The van der Waals surface area contributed by atoms with Gasteiger partial charge in [0.2, 0.25) is 0 Å². The van der Waals surface area contributed by atoms with Crippen molar-refractivity contribution in [3.8, 4) is 0 Å². The van der Waals surface area contributed by atoms with Crippen molar-refractivity contribution in [2.45, 2.75) is 0 Å². The molecule has 4 heteroatoms. The van der Waals surface area contributed by atoms with Crippen LogP contribution in [0.15, 0.2) is 0 Å². The van der Waals surface area contributed by atoms with Crippen LogP contribution in [-0.2, 0) is 0 Å². The van der Waals surface area contributed by atoms with Crippen molar-refractivity contribution >= 4 is 26.2 Å². The molecule has 0 aromatic carbocycles. The van der Waals surface area contributed by atoms with Crippen molar-refractivity contribution in [1.29, 1.82) is 0 Å². The summed E-state index contributed by atoms with van der Waals surface area (Å²) in [4.78, 5) is 0. The minimum absolute atomic E-state index is 0. The van der Waals surface area contributed by atoms with Gasteiger partial charge in [-0.05, 0) is 0 Å². The molecule has 0 saturated heterocycles. The molecule has 0 aromatic heterocycles. The van der Waals surface area contributed by atoms with Crippen molar-refractivity contribution in [1.82, 2.24) is 0 Å². The van der Waals surface area contributed by atoms with Crippen LogP contribution in [0.2, 0.25) is 0 Å². The molecule has 0 bridgehead atoms. The minimum atomic E-state index is 0. The SMILES string of the molecule is O.[BiH+2].[Cl-].[Cl-]. The summed E-state index contributed by atoms with van der Waals surface area (Å²) in [5.74, 6) is 0. The minimum Gasteiger partial charge on any atom is -1.00 e. The first kappa shape index (κ1) is 52.4. The van der Waals surface area contributed by atoms with Crippen LogP contribution in [0.3, 0.4) is 0 Å². The number of hydrogen-bond acceptors (Lipinski definition) is 0. The first-order chi connectivity index (χ1) is 0. The smallest absolute Gasteiger partial charge is 1.00 e. The van der Waals surface area contributed by atoms with E-state index in [-0.39, 0.29) is 56.5 Å². The van der Waals surface area contributed by atoms with E-state index in [0.717, 1.165) is 0 Å². The number of halogens is 2. The van der Waals surface area contributed by atoms with Gasteiger partial charge < -0.3 is 30.3 Å². The monoisotopic (exact) mass is 298 g/mol. The molecule has 0 unspecified atom stereocenters. The summed E-state index contributed by atoms with van der Waals surface area (Å²) in [5, 5.41) is 0. The zero-order chi connectivity index (χ0) is 0. The fourth-order valence-electron chi connectivity index (χ4n) is 0. The topological polar surface area (TPSA) is 31.5 Å². The maximum absolute atomic E-state index is 0. The first-order valence-electron chi connectivity index (χ1n) is 0. The van der Waals surface area contributed by atoms with Crippen LogP contribution in [0.1, 0.15) is 0 Å². The average Bonchev–Trinajstić information content (AvgIpc) is 0. The predicted molar refractivity (Wildman–Crippen MR) is 10.8 cm³/mol. The second-order valence-electron chi connectivity index (χ2n) is 0. The van der Waals surface area contributed by atoms with Gasteiger partial charge in [0, 0.05) is 0 Å². The molecular weight excluding hydrogens is 296 g/mol. The van der Waals surface area contributed by atoms with E-state index in [9.17, 15) is 0 Å². The molecule has 0 aliphatic heterocycles. The van der Waals surface area contributed by atoms with Crippen LogP contribution in [0.4, 0.5) is 0 Å². The Bertz CT molecular complexity index is 6.00. The van der Waals surface area contributed by atoms with Gasteiger partial charge in [0.1, 0.15) is 0 Å². The van der Waals surface area contributed by atoms with E-state index in [1.54, 1.807) is 0 Å². The average molecular weight is 299 g/mol. The molecule has 2 N–H and O–H groups in total. The molecule has 0 amide bonds. The maximum Gasteiger partial charge on any atom is -1.00 e. The van der Waals surface area contributed by atoms with E-state index in [0.29, 0.717) is 0 Å². The standard InChI is InChI=1S/Bi.2ClH.H2O.H/h;2*1H;1H2;/q+2;;;;/p-2. The second kappa shape index (κ2) is 25.6. The van der Waals surface area contributed by atoms with Gasteiger partial charge in [0.05, 0.1) is 0 Å². The third kappa shape index (κ3) is 9.92. The Hall–Kier alpha value is 1.42. The summed E-state index contributed by atoms with van der Waals surface area (Å²) in [7, 11) is 0. The van der Waals surface area contributed by atoms with Gasteiger partial charge in [-0.1, -0.05) is 0 Å². The normalized spacial score (nSPS) is 0. The van der Waals surface area contributed by atoms with Crippen molar-refractivity contribution in [3.63, 3.8) is 0 Å². The second-order valence-corrected chi connectivity index (χ2v) is 0. The van der Waals surface area contributed by atoms with Crippen LogP contribution >= 0.6 is 0 Å². The van der Waals surface area contributed by atoms with Crippen molar-refractivity contribution in [2.24, 2.45) is 0 Å². The summed E-state index contributed by atoms with van der Waals surface area (Å²) in [6, 6.07) is 0. The molecule has 0 atom stereocenters. The van der Waals surface area contributed by atoms with E-state index in [1.807, 2.05) is 0 Å². The van der Waals surface area contributed by atoms with Gasteiger partial charge in [-0.2, -0.15) is 0 Å². The molecule has 1 nitrogen and oxygen atoms in total. The molecule has 0 saturated carbocycles. The summed E-state index contributed by atoms with van der Waals surface area (Å²) >= 11 is 0. The molecule has 4 heavy (non-hydrogen) atoms. The van der Waals surface area contributed by atoms with E-state index in [2.05, 4.69) is 0 Å². The van der Waals surface area contributed by atoms with Gasteiger partial charge >= 0.3 is 26.2 Å². The van der Waals surface area contributed by atoms with E-state index < -0.39 is 0 Å². The zero-order valence-electron chi connectivity index (χ0n) is 1.76. The summed E-state index contributed by atoms with van der Waals surface area (Å²) in [6.07, 6.45) is 0. The van der Waals surface area contributed by atoms with Gasteiger partial charge in [-0.3, -0.25) is 0 Å². The van der Waals surface area contributed by atoms with Crippen LogP contribution < -0.4 is 24.8 Å². The predicted octanol–water partition coefficient (Wildman–Crippen LogP) is -7.47. The molecule has 0 aliphatic rings. The van der Waals surface area contributed by atoms with Crippen LogP contribution in [0.25, 0.3) is 0 Å². The molecule has 0 heterocycles. The first-order valence-corrected chi connectivity index (χ1v) is 0. The molecule has 0 spiro atoms. The Balaban J connectivity index is 0. The third-order valence-electron chi connectivity index (χ3n) is 0. The van der Waals surface area contributed by atoms with E-state index in [4.69, 9.17) is 0 Å². The van der Waals surface area contributed by atoms with Crippen LogP contribution in [0, 0.1) is 0 Å². The van der Waals surface area contributed by atoms with Crippen molar-refractivity contribution in [2.75, 3.05) is 0 Å². The third-order valence-corrected chi connectivity index (χ3v) is 0. The Morgan fingerprint density at radius 2 is 0.750 bits per heavy atom. The fraction of sp³-hybridized carbons (Fsp3) is 0. The van der Waals surface area contributed by atoms with Crippen LogP contribution in [-0.4, -0.2) is 31.7 Å². The van der Waals surface area contributed by atoms with E-state index >= 15 is 0 Å². The molecule has 0 rings (SSSR count). The molecule has 2 radical (unpaired) electrons. The molecule has 0 fully saturated rings. The zero-order valence-corrected chi connectivity index (χ0v) is 7.16. The summed E-state index contributed by atoms with van der Waals surface area (Å²) in [5.41, 5.74) is 0.